The average Bonchev–Trinajstić information content (AvgIpc) is 2.63. The van der Waals surface area contributed by atoms with Crippen molar-refractivity contribution in [2.45, 2.75) is 25.9 Å². The molecule has 2 heterocycles. The number of piperidine rings is 1. The second-order valence-corrected chi connectivity index (χ2v) is 4.61. The van der Waals surface area contributed by atoms with Crippen LogP contribution in [0.15, 0.2) is 0 Å². The Kier molecular flexibility index (Phi) is 3.50. The molecule has 0 amide bonds. The minimum absolute atomic E-state index is 0.169. The topological polar surface area (TPSA) is 71.6 Å². The number of nitrogens with zero attached hydrogens (tertiary/aromatic N) is 2. The number of hydrogen-bond acceptors (Lipinski definition) is 6. The third kappa shape index (κ3) is 2.22. The lowest BCUT2D eigenvalue weighted by molar-refractivity contribution is 0.145. The molecular formula is C10H17N3O2S. The first kappa shape index (κ1) is 11.5. The van der Waals surface area contributed by atoms with E-state index in [1.165, 1.54) is 11.5 Å². The first-order valence-electron chi connectivity index (χ1n) is 5.53. The molecule has 0 unspecified atom stereocenters. The zero-order valence-corrected chi connectivity index (χ0v) is 10.2. The van der Waals surface area contributed by atoms with Crippen molar-refractivity contribution in [3.63, 3.8) is 0 Å². The second kappa shape index (κ2) is 4.88. The van der Waals surface area contributed by atoms with Gasteiger partial charge < -0.3 is 20.5 Å². The molecule has 90 valence electrons. The minimum Gasteiger partial charge on any atom is -0.487 e. The van der Waals surface area contributed by atoms with Crippen LogP contribution in [-0.2, 0) is 0 Å². The van der Waals surface area contributed by atoms with Crippen LogP contribution in [0.1, 0.15) is 19.8 Å². The van der Waals surface area contributed by atoms with Gasteiger partial charge in [0, 0.05) is 13.1 Å². The molecule has 1 aromatic heterocycles. The van der Waals surface area contributed by atoms with Crippen LogP contribution in [0.5, 0.6) is 5.75 Å². The van der Waals surface area contributed by atoms with E-state index >= 15 is 0 Å². The molecule has 6 heteroatoms. The van der Waals surface area contributed by atoms with Crippen LogP contribution in [0.4, 0.5) is 10.8 Å². The van der Waals surface area contributed by atoms with Crippen LogP contribution >= 0.6 is 11.5 Å². The molecule has 1 fully saturated rings. The predicted octanol–water partition coefficient (Wildman–Crippen LogP) is 1.09. The van der Waals surface area contributed by atoms with Crippen molar-refractivity contribution in [1.29, 1.82) is 0 Å². The number of aliphatic hydroxyl groups excluding tert-OH is 1. The summed E-state index contributed by atoms with van der Waals surface area (Å²) in [6, 6.07) is 0. The molecule has 1 aliphatic rings. The fraction of sp³-hybridized carbons (Fsp3) is 0.700. The van der Waals surface area contributed by atoms with E-state index in [1.54, 1.807) is 0 Å². The molecule has 2 rings (SSSR count). The van der Waals surface area contributed by atoms with Gasteiger partial charge in [-0.15, -0.1) is 0 Å². The Morgan fingerprint density at radius 1 is 1.56 bits per heavy atom. The van der Waals surface area contributed by atoms with Crippen molar-refractivity contribution in [2.75, 3.05) is 30.3 Å². The van der Waals surface area contributed by atoms with E-state index in [-0.39, 0.29) is 6.10 Å². The highest BCUT2D eigenvalue weighted by atomic mass is 32.1. The molecule has 1 aromatic rings. The van der Waals surface area contributed by atoms with Gasteiger partial charge in [0.25, 0.3) is 0 Å². The molecule has 0 bridgehead atoms. The van der Waals surface area contributed by atoms with Crippen molar-refractivity contribution in [3.05, 3.63) is 0 Å². The quantitative estimate of drug-likeness (QED) is 0.831. The summed E-state index contributed by atoms with van der Waals surface area (Å²) in [5.41, 5.74) is 5.76. The smallest absolute Gasteiger partial charge is 0.197 e. The van der Waals surface area contributed by atoms with Crippen LogP contribution in [0.2, 0.25) is 0 Å². The highest BCUT2D eigenvalue weighted by Crippen LogP contribution is 2.39. The molecule has 0 saturated carbocycles. The number of aliphatic hydroxyl groups is 1. The van der Waals surface area contributed by atoms with Gasteiger partial charge in [0.1, 0.15) is 0 Å². The summed E-state index contributed by atoms with van der Waals surface area (Å²) in [5.74, 6) is 1.16. The summed E-state index contributed by atoms with van der Waals surface area (Å²) in [6.07, 6.45) is 1.42. The third-order valence-corrected chi connectivity index (χ3v) is 3.60. The normalized spacial score (nSPS) is 17.8. The van der Waals surface area contributed by atoms with E-state index < -0.39 is 0 Å². The predicted molar refractivity (Wildman–Crippen MR) is 65.1 cm³/mol. The van der Waals surface area contributed by atoms with E-state index in [4.69, 9.17) is 10.5 Å². The molecule has 3 N–H and O–H groups in total. The highest BCUT2D eigenvalue weighted by molar-refractivity contribution is 7.11. The maximum atomic E-state index is 9.46. The number of nitrogen functional groups attached to an aromatic ring is 1. The fourth-order valence-corrected chi connectivity index (χ4v) is 2.65. The lowest BCUT2D eigenvalue weighted by atomic mass is 10.1. The molecule has 0 radical (unpaired) electrons. The zero-order chi connectivity index (χ0) is 11.5. The van der Waals surface area contributed by atoms with E-state index in [9.17, 15) is 5.11 Å². The molecule has 16 heavy (non-hydrogen) atoms. The van der Waals surface area contributed by atoms with Crippen LogP contribution in [0.25, 0.3) is 0 Å². The van der Waals surface area contributed by atoms with Crippen molar-refractivity contribution in [1.82, 2.24) is 4.37 Å². The van der Waals surface area contributed by atoms with Crippen molar-refractivity contribution < 1.29 is 9.84 Å². The first-order chi connectivity index (χ1) is 7.72. The number of rotatable bonds is 3. The lowest BCUT2D eigenvalue weighted by Crippen LogP contribution is -2.35. The van der Waals surface area contributed by atoms with Crippen LogP contribution in [-0.4, -0.2) is 35.3 Å². The third-order valence-electron chi connectivity index (χ3n) is 2.70. The highest BCUT2D eigenvalue weighted by Gasteiger charge is 2.23. The van der Waals surface area contributed by atoms with Crippen LogP contribution in [0, 0.1) is 0 Å². The van der Waals surface area contributed by atoms with E-state index in [0.717, 1.165) is 30.9 Å². The SMILES string of the molecule is CCOc1c(N)nsc1N1CCC(O)CC1. The zero-order valence-electron chi connectivity index (χ0n) is 9.35. The van der Waals surface area contributed by atoms with Crippen LogP contribution < -0.4 is 15.4 Å². The Morgan fingerprint density at radius 2 is 2.25 bits per heavy atom. The van der Waals surface area contributed by atoms with Gasteiger partial charge in [-0.05, 0) is 31.3 Å². The first-order valence-corrected chi connectivity index (χ1v) is 6.30. The summed E-state index contributed by atoms with van der Waals surface area (Å²) in [6.45, 7) is 4.19. The number of nitrogens with two attached hydrogens (primary N) is 1. The van der Waals surface area contributed by atoms with Gasteiger partial charge in [-0.3, -0.25) is 0 Å². The van der Waals surface area contributed by atoms with Gasteiger partial charge in [0.2, 0.25) is 0 Å². The van der Waals surface area contributed by atoms with Crippen molar-refractivity contribution in [2.24, 2.45) is 0 Å². The molecule has 0 aromatic carbocycles. The number of ether oxygens (including phenoxy) is 1. The molecular weight excluding hydrogens is 226 g/mol. The monoisotopic (exact) mass is 243 g/mol. The number of aromatic nitrogens is 1. The fourth-order valence-electron chi connectivity index (χ4n) is 1.84. The molecule has 0 spiro atoms. The number of anilines is 2. The summed E-state index contributed by atoms with van der Waals surface area (Å²) < 4.78 is 9.63. The van der Waals surface area contributed by atoms with Gasteiger partial charge in [-0.1, -0.05) is 0 Å². The number of hydrogen-bond donors (Lipinski definition) is 2. The Labute approximate surface area is 99.0 Å². The maximum absolute atomic E-state index is 9.46. The van der Waals surface area contributed by atoms with E-state index in [1.807, 2.05) is 6.92 Å². The summed E-state index contributed by atoms with van der Waals surface area (Å²) in [4.78, 5) is 2.19. The molecule has 0 atom stereocenters. The van der Waals surface area contributed by atoms with E-state index in [0.29, 0.717) is 18.2 Å². The molecule has 1 saturated heterocycles. The Hall–Kier alpha value is -1.01. The second-order valence-electron chi connectivity index (χ2n) is 3.85. The average molecular weight is 243 g/mol. The Bertz CT molecular complexity index is 348. The summed E-state index contributed by atoms with van der Waals surface area (Å²) in [7, 11) is 0. The molecule has 5 nitrogen and oxygen atoms in total. The summed E-state index contributed by atoms with van der Waals surface area (Å²) in [5, 5.41) is 10.4. The van der Waals surface area contributed by atoms with Crippen molar-refractivity contribution >= 4 is 22.4 Å². The van der Waals surface area contributed by atoms with Gasteiger partial charge in [0.05, 0.1) is 12.7 Å². The van der Waals surface area contributed by atoms with Crippen molar-refractivity contribution in [3.8, 4) is 5.75 Å². The van der Waals surface area contributed by atoms with Gasteiger partial charge in [0.15, 0.2) is 16.6 Å². The Balaban J connectivity index is 2.13. The summed E-state index contributed by atoms with van der Waals surface area (Å²) >= 11 is 1.37. The maximum Gasteiger partial charge on any atom is 0.197 e. The largest absolute Gasteiger partial charge is 0.487 e. The lowest BCUT2D eigenvalue weighted by Gasteiger charge is -2.30. The van der Waals surface area contributed by atoms with Gasteiger partial charge in [-0.2, -0.15) is 4.37 Å². The molecule has 1 aliphatic heterocycles. The van der Waals surface area contributed by atoms with Crippen LogP contribution in [0.3, 0.4) is 0 Å². The van der Waals surface area contributed by atoms with E-state index in [2.05, 4.69) is 9.27 Å². The van der Waals surface area contributed by atoms with Gasteiger partial charge >= 0.3 is 0 Å². The minimum atomic E-state index is -0.169. The standard InChI is InChI=1S/C10H17N3O2S/c1-2-15-8-9(11)12-16-10(8)13-5-3-7(14)4-6-13/h7,14H,2-6H2,1H3,(H2,11,12). The Morgan fingerprint density at radius 3 is 2.88 bits per heavy atom. The molecule has 0 aliphatic carbocycles. The van der Waals surface area contributed by atoms with Gasteiger partial charge in [-0.25, -0.2) is 0 Å².